The maximum Gasteiger partial charge on any atom is 0.434 e. The van der Waals surface area contributed by atoms with Gasteiger partial charge in [0, 0.05) is 12.8 Å². The van der Waals surface area contributed by atoms with Crippen LogP contribution in [0.2, 0.25) is 0 Å². The minimum absolute atomic E-state index is 0.00363. The molecule has 0 N–H and O–H groups in total. The second-order valence-corrected chi connectivity index (χ2v) is 24.6. The lowest BCUT2D eigenvalue weighted by Gasteiger charge is -2.35. The number of hydrogen-bond donors (Lipinski definition) is 0. The Balaban J connectivity index is -0.000000588. The molecule has 568 valence electrons. The van der Waals surface area contributed by atoms with Crippen molar-refractivity contribution in [1.82, 2.24) is 0 Å². The summed E-state index contributed by atoms with van der Waals surface area (Å²) in [5, 5.41) is 0. The van der Waals surface area contributed by atoms with E-state index < -0.39 is 150 Å². The van der Waals surface area contributed by atoms with E-state index in [1.165, 1.54) is 27.7 Å². The van der Waals surface area contributed by atoms with Crippen molar-refractivity contribution >= 4 is 47.8 Å². The molecule has 96 heavy (non-hydrogen) atoms. The minimum atomic E-state index is -5.79. The van der Waals surface area contributed by atoms with Gasteiger partial charge in [-0.05, 0) is 131 Å². The average molecular weight is 1440 g/mol. The molecule has 0 bridgehead atoms. The van der Waals surface area contributed by atoms with Crippen LogP contribution in [-0.4, -0.2) is 133 Å². The van der Waals surface area contributed by atoms with Crippen molar-refractivity contribution in [2.45, 2.75) is 312 Å². The maximum absolute atomic E-state index is 12.4. The Morgan fingerprint density at radius 3 is 0.865 bits per heavy atom. The third kappa shape index (κ3) is 39.8. The normalized spacial score (nSPS) is 14.6. The Morgan fingerprint density at radius 2 is 0.615 bits per heavy atom. The summed E-state index contributed by atoms with van der Waals surface area (Å²) in [4.78, 5) is 93.9. The highest BCUT2D eigenvalue weighted by atomic mass is 19.4. The zero-order chi connectivity index (χ0) is 76.7. The van der Waals surface area contributed by atoms with Gasteiger partial charge in [0.2, 0.25) is 0 Å². The molecular weight excluding hydrogens is 1340 g/mol. The van der Waals surface area contributed by atoms with Crippen molar-refractivity contribution in [3.05, 3.63) is 0 Å². The average Bonchev–Trinajstić information content (AvgIpc) is 0.848. The van der Waals surface area contributed by atoms with Gasteiger partial charge in [-0.15, -0.1) is 0 Å². The first kappa shape index (κ1) is 96.9. The van der Waals surface area contributed by atoms with Gasteiger partial charge in [0.15, 0.2) is 13.2 Å². The molecule has 16 nitrogen and oxygen atoms in total. The Morgan fingerprint density at radius 1 is 0.344 bits per heavy atom. The van der Waals surface area contributed by atoms with Crippen molar-refractivity contribution in [3.8, 4) is 0 Å². The molecule has 0 aromatic rings. The molecule has 0 fully saturated rings. The number of alkyl halides is 18. The van der Waals surface area contributed by atoms with E-state index in [4.69, 9.17) is 18.9 Å². The lowest BCUT2D eigenvalue weighted by molar-refractivity contribution is -0.314. The minimum Gasteiger partial charge on any atom is -0.459 e. The first-order valence-corrected chi connectivity index (χ1v) is 31.2. The molecule has 0 saturated heterocycles. The lowest BCUT2D eigenvalue weighted by atomic mass is 9.87. The summed E-state index contributed by atoms with van der Waals surface area (Å²) >= 11 is 0. The summed E-state index contributed by atoms with van der Waals surface area (Å²) in [6.07, 6.45) is -36.9. The van der Waals surface area contributed by atoms with Crippen molar-refractivity contribution in [2.75, 3.05) is 13.2 Å². The molecule has 0 amide bonds. The van der Waals surface area contributed by atoms with Crippen LogP contribution in [0.4, 0.5) is 79.0 Å². The summed E-state index contributed by atoms with van der Waals surface area (Å²) in [6, 6.07) is 0. The second kappa shape index (κ2) is 41.2. The number of halogens is 18. The van der Waals surface area contributed by atoms with Crippen LogP contribution < -0.4 is 0 Å². The van der Waals surface area contributed by atoms with Crippen LogP contribution in [0.25, 0.3) is 0 Å². The van der Waals surface area contributed by atoms with Crippen molar-refractivity contribution < 1.29 is 155 Å². The number of esters is 8. The monoisotopic (exact) mass is 1440 g/mol. The van der Waals surface area contributed by atoms with Gasteiger partial charge in [-0.25, -0.2) is 0 Å². The van der Waals surface area contributed by atoms with Gasteiger partial charge in [0.05, 0.1) is 35.5 Å². The number of carbonyl (C=O) groups excluding carboxylic acids is 8. The Kier molecular flexibility index (Phi) is 41.5. The van der Waals surface area contributed by atoms with Crippen molar-refractivity contribution in [1.29, 1.82) is 0 Å². The van der Waals surface area contributed by atoms with E-state index in [0.29, 0.717) is 77.0 Å². The summed E-state index contributed by atoms with van der Waals surface area (Å²) in [7, 11) is 0. The SMILES string of the molecule is CCC(C)(CC(=O)OC(C(F)(F)F)C(F)(F)F)OC(=O)C(C)(C)CC.CCC(C)C(=O)OC(C)(CC)CC(=O)OC(C(F)(F)F)C(F)(F)F.CCC(C)C(=O)OC(CC)(CC)CCCC(=O)OCC(F)(F)F.CCC(CC)(CCCC(=O)OCC(F)(F)F)OC(=O)C(C)(C)CC. The fraction of sp³-hybridized carbons (Fsp3) is 0.871. The largest absolute Gasteiger partial charge is 0.459 e. The standard InChI is InChI=1S/C17H29F3O4.C16H27F3O4.C15H22F6O4.C14H20F6O4/c1-6-15(4,5)14(22)24-16(7-2,8-3)11-9-10-13(21)23-12-17(18,19)20;1-5-12(4)14(21)23-15(6-2,7-3)10-8-9-13(20)22-11-16(17,18)19;1-6-12(3,4)11(23)25-13(5,7-2)8-9(22)24-10(14(16,17)18)15(19,20)21;1-5-8(3)10(22)24-12(4,6-2)7-9(21)23-11(13(15,16)17)14(18,19)20/h6-12H2,1-5H3;12H,5-11H2,1-4H3;10H,6-8H2,1-5H3;8,11H,5-7H2,1-4H3. The predicted octanol–water partition coefficient (Wildman–Crippen LogP) is 17.9. The van der Waals surface area contributed by atoms with Gasteiger partial charge >= 0.3 is 84.8 Å². The van der Waals surface area contributed by atoms with Gasteiger partial charge in [-0.3, -0.25) is 38.4 Å². The van der Waals surface area contributed by atoms with Gasteiger partial charge in [0.1, 0.15) is 22.4 Å². The van der Waals surface area contributed by atoms with E-state index in [2.05, 4.69) is 18.9 Å². The van der Waals surface area contributed by atoms with Gasteiger partial charge < -0.3 is 37.9 Å². The molecule has 4 atom stereocenters. The molecule has 34 heteroatoms. The molecule has 0 aliphatic heterocycles. The first-order chi connectivity index (χ1) is 43.1. The van der Waals surface area contributed by atoms with Crippen LogP contribution in [0.5, 0.6) is 0 Å². The Labute approximate surface area is 549 Å². The summed E-state index contributed by atoms with van der Waals surface area (Å²) in [6.45, 7) is 27.1. The second-order valence-electron chi connectivity index (χ2n) is 24.6. The number of carbonyl (C=O) groups is 8. The van der Waals surface area contributed by atoms with Crippen molar-refractivity contribution in [2.24, 2.45) is 22.7 Å². The zero-order valence-electron chi connectivity index (χ0n) is 57.8. The highest BCUT2D eigenvalue weighted by Gasteiger charge is 2.61. The predicted molar refractivity (Wildman–Crippen MR) is 310 cm³/mol. The number of hydrogen-bond acceptors (Lipinski definition) is 16. The van der Waals surface area contributed by atoms with E-state index in [-0.39, 0.29) is 43.5 Å². The van der Waals surface area contributed by atoms with E-state index in [0.717, 1.165) is 0 Å². The fourth-order valence-corrected chi connectivity index (χ4v) is 7.21. The van der Waals surface area contributed by atoms with Crippen LogP contribution in [0.15, 0.2) is 0 Å². The number of rotatable bonds is 34. The smallest absolute Gasteiger partial charge is 0.434 e. The summed E-state index contributed by atoms with van der Waals surface area (Å²) < 4.78 is 258. The van der Waals surface area contributed by atoms with Gasteiger partial charge in [-0.1, -0.05) is 83.1 Å². The Bertz CT molecular complexity index is 2330. The summed E-state index contributed by atoms with van der Waals surface area (Å²) in [5.74, 6) is -8.01. The number of ether oxygens (including phenoxy) is 8. The molecule has 0 saturated carbocycles. The molecule has 0 aromatic carbocycles. The topological polar surface area (TPSA) is 210 Å². The molecule has 4 unspecified atom stereocenters. The highest BCUT2D eigenvalue weighted by Crippen LogP contribution is 2.40. The Hall–Kier alpha value is -5.50. The van der Waals surface area contributed by atoms with Crippen LogP contribution in [0.3, 0.4) is 0 Å². The van der Waals surface area contributed by atoms with E-state index in [9.17, 15) is 117 Å². The third-order valence-corrected chi connectivity index (χ3v) is 15.8. The maximum atomic E-state index is 12.4. The lowest BCUT2D eigenvalue weighted by Crippen LogP contribution is -2.47. The molecule has 0 radical (unpaired) electrons. The highest BCUT2D eigenvalue weighted by molar-refractivity contribution is 5.78. The quantitative estimate of drug-likeness (QED) is 0.0333. The molecule has 0 aliphatic rings. The zero-order valence-corrected chi connectivity index (χ0v) is 57.8. The van der Waals surface area contributed by atoms with E-state index in [1.54, 1.807) is 55.4 Å². The van der Waals surface area contributed by atoms with Gasteiger partial charge in [0.25, 0.3) is 12.2 Å². The van der Waals surface area contributed by atoms with Crippen LogP contribution in [-0.2, 0) is 76.3 Å². The third-order valence-electron chi connectivity index (χ3n) is 15.8. The van der Waals surface area contributed by atoms with Crippen LogP contribution in [0.1, 0.15) is 240 Å². The summed E-state index contributed by atoms with van der Waals surface area (Å²) in [5.41, 5.74) is -6.03. The first-order valence-electron chi connectivity index (χ1n) is 31.2. The molecular formula is C62H98F18O16. The molecule has 0 rings (SSSR count). The fourth-order valence-electron chi connectivity index (χ4n) is 7.21. The van der Waals surface area contributed by atoms with E-state index in [1.807, 2.05) is 41.5 Å². The molecule has 0 aromatic heterocycles. The molecule has 0 spiro atoms. The molecule has 0 heterocycles. The van der Waals surface area contributed by atoms with Crippen molar-refractivity contribution in [3.63, 3.8) is 0 Å². The molecule has 0 aliphatic carbocycles. The van der Waals surface area contributed by atoms with Crippen LogP contribution in [0, 0.1) is 22.7 Å². The van der Waals surface area contributed by atoms with E-state index >= 15 is 0 Å². The van der Waals surface area contributed by atoms with Crippen LogP contribution >= 0.6 is 0 Å². The van der Waals surface area contributed by atoms with Gasteiger partial charge in [-0.2, -0.15) is 79.0 Å².